The number of benzene rings is 1. The van der Waals surface area contributed by atoms with Crippen molar-refractivity contribution >= 4 is 11.6 Å². The molecule has 0 fully saturated rings. The molecular formula is C12H17ClFNO. The summed E-state index contributed by atoms with van der Waals surface area (Å²) in [5, 5.41) is 10.3. The third kappa shape index (κ3) is 2.94. The summed E-state index contributed by atoms with van der Waals surface area (Å²) in [6, 6.07) is 4.44. The van der Waals surface area contributed by atoms with Gasteiger partial charge in [-0.25, -0.2) is 4.39 Å². The molecule has 1 atom stereocenters. The van der Waals surface area contributed by atoms with Crippen LogP contribution in [-0.2, 0) is 6.42 Å². The zero-order valence-electron chi connectivity index (χ0n) is 9.50. The van der Waals surface area contributed by atoms with Crippen LogP contribution in [0.1, 0.15) is 19.4 Å². The van der Waals surface area contributed by atoms with Gasteiger partial charge in [0.2, 0.25) is 0 Å². The van der Waals surface area contributed by atoms with Gasteiger partial charge < -0.3 is 10.8 Å². The van der Waals surface area contributed by atoms with Crippen molar-refractivity contribution in [1.82, 2.24) is 0 Å². The van der Waals surface area contributed by atoms with Crippen LogP contribution >= 0.6 is 11.6 Å². The fourth-order valence-corrected chi connectivity index (χ4v) is 1.72. The minimum absolute atomic E-state index is 0.0290. The Morgan fingerprint density at radius 2 is 2.12 bits per heavy atom. The predicted octanol–water partition coefficient (Wildman–Crippen LogP) is 2.37. The molecule has 16 heavy (non-hydrogen) atoms. The summed E-state index contributed by atoms with van der Waals surface area (Å²) < 4.78 is 13.0. The molecule has 90 valence electrons. The number of halogens is 2. The largest absolute Gasteiger partial charge is 0.388 e. The lowest BCUT2D eigenvalue weighted by molar-refractivity contribution is 0.00406. The van der Waals surface area contributed by atoms with Crippen LogP contribution < -0.4 is 5.73 Å². The molecule has 0 spiro atoms. The maximum atomic E-state index is 13.0. The maximum absolute atomic E-state index is 13.0. The van der Waals surface area contributed by atoms with Crippen LogP contribution in [0.4, 0.5) is 4.39 Å². The van der Waals surface area contributed by atoms with Crippen molar-refractivity contribution in [3.8, 4) is 0 Å². The normalized spacial score (nSPS) is 15.2. The van der Waals surface area contributed by atoms with E-state index in [2.05, 4.69) is 0 Å². The molecule has 0 aliphatic carbocycles. The molecule has 0 saturated heterocycles. The minimum Gasteiger partial charge on any atom is -0.388 e. The number of hydrogen-bond acceptors (Lipinski definition) is 2. The number of rotatable bonds is 4. The average Bonchev–Trinajstić information content (AvgIpc) is 2.23. The fraction of sp³-hybridized carbons (Fsp3) is 0.500. The molecule has 1 unspecified atom stereocenters. The summed E-state index contributed by atoms with van der Waals surface area (Å²) in [7, 11) is 0. The third-order valence-corrected chi connectivity index (χ3v) is 3.21. The van der Waals surface area contributed by atoms with Crippen molar-refractivity contribution in [2.45, 2.75) is 25.9 Å². The lowest BCUT2D eigenvalue weighted by Gasteiger charge is -2.31. The zero-order chi connectivity index (χ0) is 12.3. The van der Waals surface area contributed by atoms with Crippen LogP contribution in [-0.4, -0.2) is 17.3 Å². The third-order valence-electron chi connectivity index (χ3n) is 2.92. The van der Waals surface area contributed by atoms with Crippen LogP contribution in [0, 0.1) is 11.7 Å². The Morgan fingerprint density at radius 1 is 1.50 bits per heavy atom. The first-order valence-corrected chi connectivity index (χ1v) is 5.63. The molecule has 1 aromatic carbocycles. The summed E-state index contributed by atoms with van der Waals surface area (Å²) in [5.41, 5.74) is 5.38. The number of nitrogens with two attached hydrogens (primary N) is 1. The molecule has 1 aromatic rings. The molecule has 0 heterocycles. The van der Waals surface area contributed by atoms with Crippen molar-refractivity contribution in [3.63, 3.8) is 0 Å². The fourth-order valence-electron chi connectivity index (χ4n) is 1.52. The monoisotopic (exact) mass is 245 g/mol. The smallest absolute Gasteiger partial charge is 0.141 e. The lowest BCUT2D eigenvalue weighted by Crippen LogP contribution is -2.44. The van der Waals surface area contributed by atoms with Crippen LogP contribution in [0.5, 0.6) is 0 Å². The van der Waals surface area contributed by atoms with E-state index in [0.29, 0.717) is 6.42 Å². The van der Waals surface area contributed by atoms with Gasteiger partial charge in [0.05, 0.1) is 10.6 Å². The Bertz CT molecular complexity index is 370. The molecule has 4 heteroatoms. The summed E-state index contributed by atoms with van der Waals surface area (Å²) in [5.74, 6) is -0.424. The van der Waals surface area contributed by atoms with Crippen LogP contribution in [0.15, 0.2) is 18.2 Å². The summed E-state index contributed by atoms with van der Waals surface area (Å²) >= 11 is 5.68. The first kappa shape index (κ1) is 13.4. The van der Waals surface area contributed by atoms with Gasteiger partial charge in [0.1, 0.15) is 5.82 Å². The van der Waals surface area contributed by atoms with Crippen molar-refractivity contribution in [3.05, 3.63) is 34.6 Å². The van der Waals surface area contributed by atoms with Crippen molar-refractivity contribution in [1.29, 1.82) is 0 Å². The molecule has 0 saturated carbocycles. The number of aliphatic hydroxyl groups is 1. The minimum atomic E-state index is -0.971. The van der Waals surface area contributed by atoms with E-state index < -0.39 is 11.4 Å². The Kier molecular flexibility index (Phi) is 4.30. The van der Waals surface area contributed by atoms with E-state index in [4.69, 9.17) is 17.3 Å². The first-order valence-electron chi connectivity index (χ1n) is 5.25. The highest BCUT2D eigenvalue weighted by atomic mass is 35.5. The Morgan fingerprint density at radius 3 is 2.56 bits per heavy atom. The first-order chi connectivity index (χ1) is 7.39. The van der Waals surface area contributed by atoms with Gasteiger partial charge >= 0.3 is 0 Å². The van der Waals surface area contributed by atoms with Crippen LogP contribution in [0.25, 0.3) is 0 Å². The zero-order valence-corrected chi connectivity index (χ0v) is 10.3. The van der Waals surface area contributed by atoms with Crippen LogP contribution in [0.2, 0.25) is 5.02 Å². The number of hydrogen-bond donors (Lipinski definition) is 2. The summed E-state index contributed by atoms with van der Waals surface area (Å²) in [4.78, 5) is 0. The second-order valence-corrected chi connectivity index (χ2v) is 4.79. The molecule has 0 amide bonds. The highest BCUT2D eigenvalue weighted by Gasteiger charge is 2.29. The van der Waals surface area contributed by atoms with Crippen molar-refractivity contribution in [2.24, 2.45) is 11.7 Å². The molecule has 0 bridgehead atoms. The molecule has 0 aromatic heterocycles. The van der Waals surface area contributed by atoms with Crippen molar-refractivity contribution < 1.29 is 9.50 Å². The van der Waals surface area contributed by atoms with E-state index in [-0.39, 0.29) is 17.5 Å². The van der Waals surface area contributed by atoms with Gasteiger partial charge in [-0.05, 0) is 23.6 Å². The topological polar surface area (TPSA) is 46.2 Å². The van der Waals surface area contributed by atoms with Gasteiger partial charge in [0.25, 0.3) is 0 Å². The second kappa shape index (κ2) is 5.13. The van der Waals surface area contributed by atoms with Gasteiger partial charge in [0.15, 0.2) is 0 Å². The Balaban J connectivity index is 2.90. The SMILES string of the molecule is CC(C)C(O)(CN)Cc1ccc(F)c(Cl)c1. The summed E-state index contributed by atoms with van der Waals surface area (Å²) in [6.07, 6.45) is 0.376. The highest BCUT2D eigenvalue weighted by Crippen LogP contribution is 2.24. The van der Waals surface area contributed by atoms with E-state index in [1.807, 2.05) is 13.8 Å². The second-order valence-electron chi connectivity index (χ2n) is 4.39. The molecule has 2 nitrogen and oxygen atoms in total. The van der Waals surface area contributed by atoms with E-state index in [1.54, 1.807) is 6.07 Å². The van der Waals surface area contributed by atoms with Crippen molar-refractivity contribution in [2.75, 3.05) is 6.54 Å². The molecular weight excluding hydrogens is 229 g/mol. The molecule has 0 aliphatic heterocycles. The van der Waals surface area contributed by atoms with E-state index in [0.717, 1.165) is 5.56 Å². The lowest BCUT2D eigenvalue weighted by atomic mass is 9.84. The van der Waals surface area contributed by atoms with E-state index in [9.17, 15) is 9.50 Å². The van der Waals surface area contributed by atoms with Crippen LogP contribution in [0.3, 0.4) is 0 Å². The quantitative estimate of drug-likeness (QED) is 0.856. The molecule has 3 N–H and O–H groups in total. The molecule has 0 aliphatic rings. The standard InChI is InChI=1S/C12H17ClFNO/c1-8(2)12(16,7-15)6-9-3-4-11(14)10(13)5-9/h3-5,8,16H,6-7,15H2,1-2H3. The molecule has 1 rings (SSSR count). The Labute approximate surface area is 100 Å². The molecule has 0 radical (unpaired) electrons. The van der Waals surface area contributed by atoms with Gasteiger partial charge in [-0.15, -0.1) is 0 Å². The van der Waals surface area contributed by atoms with Gasteiger partial charge in [-0.1, -0.05) is 31.5 Å². The average molecular weight is 246 g/mol. The van der Waals surface area contributed by atoms with E-state index in [1.165, 1.54) is 12.1 Å². The van der Waals surface area contributed by atoms with E-state index >= 15 is 0 Å². The maximum Gasteiger partial charge on any atom is 0.141 e. The predicted molar refractivity (Wildman–Crippen MR) is 64.0 cm³/mol. The van der Waals surface area contributed by atoms with Gasteiger partial charge in [0, 0.05) is 13.0 Å². The highest BCUT2D eigenvalue weighted by molar-refractivity contribution is 6.30. The summed E-state index contributed by atoms with van der Waals surface area (Å²) in [6.45, 7) is 3.97. The van der Waals surface area contributed by atoms with Gasteiger partial charge in [-0.2, -0.15) is 0 Å². The Hall–Kier alpha value is -0.640. The van der Waals surface area contributed by atoms with Gasteiger partial charge in [-0.3, -0.25) is 0 Å².